The molecular formula is C22H22N4O2. The zero-order valence-electron chi connectivity index (χ0n) is 15.6. The molecule has 1 aliphatic rings. The number of hydrogen-bond donors (Lipinski definition) is 0. The van der Waals surface area contributed by atoms with Crippen LogP contribution in [0, 0.1) is 0 Å². The van der Waals surface area contributed by atoms with Gasteiger partial charge in [0.1, 0.15) is 0 Å². The van der Waals surface area contributed by atoms with E-state index in [0.717, 1.165) is 36.3 Å². The van der Waals surface area contributed by atoms with Crippen LogP contribution in [0.5, 0.6) is 0 Å². The predicted molar refractivity (Wildman–Crippen MR) is 105 cm³/mol. The summed E-state index contributed by atoms with van der Waals surface area (Å²) in [5.41, 5.74) is 3.43. The van der Waals surface area contributed by atoms with Gasteiger partial charge in [-0.25, -0.2) is 0 Å². The Morgan fingerprint density at radius 2 is 1.86 bits per heavy atom. The molecule has 0 radical (unpaired) electrons. The van der Waals surface area contributed by atoms with Gasteiger partial charge in [0.15, 0.2) is 0 Å². The molecule has 3 heterocycles. The third-order valence-corrected chi connectivity index (χ3v) is 4.85. The summed E-state index contributed by atoms with van der Waals surface area (Å²) in [5.74, 6) is -0.00184. The molecule has 0 saturated carbocycles. The first-order valence-electron chi connectivity index (χ1n) is 9.46. The Balaban J connectivity index is 1.53. The van der Waals surface area contributed by atoms with Crippen molar-refractivity contribution >= 4 is 5.91 Å². The van der Waals surface area contributed by atoms with E-state index in [1.807, 2.05) is 41.3 Å². The minimum atomic E-state index is -0.00184. The number of carbonyl (C=O) groups excluding carboxylic acids is 1. The van der Waals surface area contributed by atoms with Gasteiger partial charge >= 0.3 is 0 Å². The van der Waals surface area contributed by atoms with E-state index in [0.29, 0.717) is 18.7 Å². The number of rotatable bonds is 6. The number of nitrogens with zero attached hydrogens (tertiary/aromatic N) is 4. The van der Waals surface area contributed by atoms with Crippen LogP contribution in [-0.2, 0) is 11.3 Å². The number of aromatic nitrogens is 3. The van der Waals surface area contributed by atoms with E-state index in [1.165, 1.54) is 0 Å². The molecule has 142 valence electrons. The van der Waals surface area contributed by atoms with E-state index >= 15 is 0 Å². The van der Waals surface area contributed by atoms with Gasteiger partial charge in [0.25, 0.3) is 5.91 Å². The Morgan fingerprint density at radius 1 is 1.04 bits per heavy atom. The van der Waals surface area contributed by atoms with Crippen molar-refractivity contribution in [2.45, 2.75) is 25.5 Å². The second-order valence-corrected chi connectivity index (χ2v) is 6.84. The van der Waals surface area contributed by atoms with Gasteiger partial charge in [-0.05, 0) is 42.7 Å². The molecule has 1 amide bonds. The maximum atomic E-state index is 13.2. The fourth-order valence-electron chi connectivity index (χ4n) is 3.38. The van der Waals surface area contributed by atoms with Crippen molar-refractivity contribution in [2.75, 3.05) is 13.2 Å². The second-order valence-electron chi connectivity index (χ2n) is 6.84. The molecule has 3 aromatic rings. The zero-order chi connectivity index (χ0) is 19.2. The molecule has 1 saturated heterocycles. The maximum absolute atomic E-state index is 13.2. The maximum Gasteiger partial charge on any atom is 0.254 e. The van der Waals surface area contributed by atoms with Gasteiger partial charge in [0, 0.05) is 55.6 Å². The first-order valence-corrected chi connectivity index (χ1v) is 9.46. The van der Waals surface area contributed by atoms with Crippen LogP contribution in [0.1, 0.15) is 28.8 Å². The smallest absolute Gasteiger partial charge is 0.254 e. The normalized spacial score (nSPS) is 16.1. The minimum Gasteiger partial charge on any atom is -0.376 e. The molecule has 1 aliphatic heterocycles. The van der Waals surface area contributed by atoms with Gasteiger partial charge in [0.2, 0.25) is 0 Å². The third-order valence-electron chi connectivity index (χ3n) is 4.85. The number of carbonyl (C=O) groups is 1. The summed E-state index contributed by atoms with van der Waals surface area (Å²) < 4.78 is 5.76. The molecule has 0 unspecified atom stereocenters. The average molecular weight is 374 g/mol. The van der Waals surface area contributed by atoms with E-state index in [9.17, 15) is 4.79 Å². The molecule has 0 aliphatic carbocycles. The van der Waals surface area contributed by atoms with E-state index in [-0.39, 0.29) is 12.0 Å². The van der Waals surface area contributed by atoms with Gasteiger partial charge in [-0.15, -0.1) is 0 Å². The highest BCUT2D eigenvalue weighted by Gasteiger charge is 2.23. The molecule has 6 heteroatoms. The topological polar surface area (TPSA) is 68.2 Å². The molecule has 1 fully saturated rings. The van der Waals surface area contributed by atoms with Crippen LogP contribution in [-0.4, -0.2) is 45.0 Å². The lowest BCUT2D eigenvalue weighted by molar-refractivity contribution is 0.0507. The standard InChI is InChI=1S/C22H22N4O2/c27-22(19-5-3-18(4-6-19)21-14-24-11-12-25-21)26(16-20-2-1-13-28-20)15-17-7-9-23-10-8-17/h3-12,14,20H,1-2,13,15-16H2/t20-/m1/s1. The summed E-state index contributed by atoms with van der Waals surface area (Å²) in [4.78, 5) is 27.5. The molecule has 0 spiro atoms. The Labute approximate surface area is 164 Å². The number of ether oxygens (including phenoxy) is 1. The molecule has 1 atom stereocenters. The lowest BCUT2D eigenvalue weighted by Gasteiger charge is -2.26. The van der Waals surface area contributed by atoms with E-state index in [4.69, 9.17) is 4.74 Å². The number of benzene rings is 1. The van der Waals surface area contributed by atoms with Crippen molar-refractivity contribution < 1.29 is 9.53 Å². The SMILES string of the molecule is O=C(c1ccc(-c2cnccn2)cc1)N(Cc1ccncc1)C[C@H]1CCCO1. The number of amides is 1. The average Bonchev–Trinajstić information content (AvgIpc) is 3.27. The van der Waals surface area contributed by atoms with E-state index in [2.05, 4.69) is 15.0 Å². The summed E-state index contributed by atoms with van der Waals surface area (Å²) in [6, 6.07) is 11.4. The highest BCUT2D eigenvalue weighted by molar-refractivity contribution is 5.94. The molecule has 0 bridgehead atoms. The summed E-state index contributed by atoms with van der Waals surface area (Å²) in [7, 11) is 0. The third kappa shape index (κ3) is 4.40. The first-order chi connectivity index (χ1) is 13.8. The van der Waals surface area contributed by atoms with Crippen LogP contribution in [0.25, 0.3) is 11.3 Å². The van der Waals surface area contributed by atoms with Gasteiger partial charge in [-0.2, -0.15) is 0 Å². The van der Waals surface area contributed by atoms with Crippen LogP contribution < -0.4 is 0 Å². The van der Waals surface area contributed by atoms with Gasteiger partial charge in [-0.1, -0.05) is 12.1 Å². The number of pyridine rings is 1. The summed E-state index contributed by atoms with van der Waals surface area (Å²) >= 11 is 0. The van der Waals surface area contributed by atoms with Crippen LogP contribution in [0.15, 0.2) is 67.4 Å². The summed E-state index contributed by atoms with van der Waals surface area (Å²) in [5, 5.41) is 0. The van der Waals surface area contributed by atoms with Crippen LogP contribution in [0.4, 0.5) is 0 Å². The van der Waals surface area contributed by atoms with Crippen LogP contribution >= 0.6 is 0 Å². The lowest BCUT2D eigenvalue weighted by Crippen LogP contribution is -2.37. The highest BCUT2D eigenvalue weighted by atomic mass is 16.5. The highest BCUT2D eigenvalue weighted by Crippen LogP contribution is 2.20. The van der Waals surface area contributed by atoms with Gasteiger partial charge < -0.3 is 9.64 Å². The summed E-state index contributed by atoms with van der Waals surface area (Å²) in [6.45, 7) is 1.90. The van der Waals surface area contributed by atoms with E-state index in [1.54, 1.807) is 31.0 Å². The second kappa shape index (κ2) is 8.71. The fourth-order valence-corrected chi connectivity index (χ4v) is 3.38. The predicted octanol–water partition coefficient (Wildman–Crippen LogP) is 3.36. The minimum absolute atomic E-state index is 0.00184. The van der Waals surface area contributed by atoms with E-state index < -0.39 is 0 Å². The first kappa shape index (κ1) is 18.3. The quantitative estimate of drug-likeness (QED) is 0.662. The van der Waals surface area contributed by atoms with Crippen molar-refractivity contribution in [1.82, 2.24) is 19.9 Å². The Morgan fingerprint density at radius 3 is 2.54 bits per heavy atom. The Hall–Kier alpha value is -3.12. The Bertz CT molecular complexity index is 895. The van der Waals surface area contributed by atoms with Crippen LogP contribution in [0.3, 0.4) is 0 Å². The molecule has 0 N–H and O–H groups in total. The molecular weight excluding hydrogens is 352 g/mol. The Kier molecular flexibility index (Phi) is 5.68. The lowest BCUT2D eigenvalue weighted by atomic mass is 10.1. The molecule has 1 aromatic carbocycles. The molecule has 4 rings (SSSR count). The number of hydrogen-bond acceptors (Lipinski definition) is 5. The largest absolute Gasteiger partial charge is 0.376 e. The van der Waals surface area contributed by atoms with Crippen molar-refractivity contribution in [3.63, 3.8) is 0 Å². The molecule has 28 heavy (non-hydrogen) atoms. The molecule has 2 aromatic heterocycles. The zero-order valence-corrected chi connectivity index (χ0v) is 15.6. The van der Waals surface area contributed by atoms with Crippen molar-refractivity contribution in [2.24, 2.45) is 0 Å². The van der Waals surface area contributed by atoms with Gasteiger partial charge in [0.05, 0.1) is 18.0 Å². The van der Waals surface area contributed by atoms with Crippen molar-refractivity contribution in [3.05, 3.63) is 78.5 Å². The summed E-state index contributed by atoms with van der Waals surface area (Å²) in [6.07, 6.45) is 10.7. The monoisotopic (exact) mass is 374 g/mol. The van der Waals surface area contributed by atoms with Crippen molar-refractivity contribution in [1.29, 1.82) is 0 Å². The fraction of sp³-hybridized carbons (Fsp3) is 0.273. The van der Waals surface area contributed by atoms with Crippen LogP contribution in [0.2, 0.25) is 0 Å². The van der Waals surface area contributed by atoms with Crippen molar-refractivity contribution in [3.8, 4) is 11.3 Å². The molecule has 6 nitrogen and oxygen atoms in total. The van der Waals surface area contributed by atoms with Gasteiger partial charge in [-0.3, -0.25) is 19.7 Å².